The summed E-state index contributed by atoms with van der Waals surface area (Å²) in [7, 11) is 0. The summed E-state index contributed by atoms with van der Waals surface area (Å²) >= 11 is 0. The van der Waals surface area contributed by atoms with E-state index in [0.29, 0.717) is 0 Å². The average Bonchev–Trinajstić information content (AvgIpc) is 3.00. The summed E-state index contributed by atoms with van der Waals surface area (Å²) in [6, 6.07) is 8.83. The zero-order valence-electron chi connectivity index (χ0n) is 25.0. The van der Waals surface area contributed by atoms with Crippen LogP contribution < -0.4 is 0 Å². The molecule has 1 aromatic heterocycles. The number of carbonyl (C=O) groups is 4. The predicted molar refractivity (Wildman–Crippen MR) is 152 cm³/mol. The Hall–Kier alpha value is -4.32. The molecule has 2 aromatic carbocycles. The molecule has 0 saturated carbocycles. The highest BCUT2D eigenvalue weighted by Gasteiger charge is 2.48. The average molecular weight is 645 g/mol. The first-order chi connectivity index (χ1) is 21.8. The number of hydrogen-bond donors (Lipinski definition) is 4. The maximum atomic E-state index is 13.3. The molecule has 5 rings (SSSR count). The molecule has 0 bridgehead atoms. The smallest absolute Gasteiger partial charge is 0.342 e. The minimum absolute atomic E-state index is 0.0683. The third-order valence-corrected chi connectivity index (χ3v) is 7.55. The van der Waals surface area contributed by atoms with Crippen LogP contribution in [-0.4, -0.2) is 116 Å². The molecular formula is C30H32N2O14. The summed E-state index contributed by atoms with van der Waals surface area (Å²) in [5, 5.41) is 41.9. The molecular weight excluding hydrogens is 612 g/mol. The van der Waals surface area contributed by atoms with E-state index in [1.165, 1.54) is 50.2 Å². The Morgan fingerprint density at radius 3 is 1.33 bits per heavy atom. The Kier molecular flexibility index (Phi) is 9.48. The van der Waals surface area contributed by atoms with Crippen molar-refractivity contribution in [3.8, 4) is 0 Å². The van der Waals surface area contributed by atoms with Gasteiger partial charge >= 0.3 is 23.9 Å². The van der Waals surface area contributed by atoms with Gasteiger partial charge in [-0.05, 0) is 38.1 Å². The van der Waals surface area contributed by atoms with Gasteiger partial charge in [-0.15, -0.1) is 0 Å². The van der Waals surface area contributed by atoms with Crippen molar-refractivity contribution in [3.05, 3.63) is 47.5 Å². The lowest BCUT2D eigenvalue weighted by Crippen LogP contribution is -2.59. The van der Waals surface area contributed by atoms with Gasteiger partial charge in [0.1, 0.15) is 23.2 Å². The highest BCUT2D eigenvalue weighted by atomic mass is 16.7. The van der Waals surface area contributed by atoms with E-state index in [4.69, 9.17) is 28.4 Å². The van der Waals surface area contributed by atoms with Gasteiger partial charge in [-0.25, -0.2) is 19.6 Å². The van der Waals surface area contributed by atoms with Gasteiger partial charge in [0, 0.05) is 13.8 Å². The van der Waals surface area contributed by atoms with Gasteiger partial charge in [0.15, 0.2) is 24.4 Å². The zero-order chi connectivity index (χ0) is 33.4. The van der Waals surface area contributed by atoms with E-state index < -0.39 is 85.3 Å². The van der Waals surface area contributed by atoms with Crippen molar-refractivity contribution in [2.45, 2.75) is 89.1 Å². The number of carbonyl (C=O) groups excluding carboxylic acids is 4. The summed E-state index contributed by atoms with van der Waals surface area (Å²) < 4.78 is 31.8. The van der Waals surface area contributed by atoms with Crippen LogP contribution in [0.3, 0.4) is 0 Å². The fraction of sp³-hybridized carbons (Fsp3) is 0.467. The molecule has 0 amide bonds. The molecule has 2 fully saturated rings. The molecule has 0 unspecified atom stereocenters. The number of esters is 4. The lowest BCUT2D eigenvalue weighted by atomic mass is 9.99. The van der Waals surface area contributed by atoms with Gasteiger partial charge in [-0.2, -0.15) is 0 Å². The molecule has 16 heteroatoms. The lowest BCUT2D eigenvalue weighted by Gasteiger charge is -2.40. The molecule has 0 spiro atoms. The number of para-hydroxylation sites is 2. The van der Waals surface area contributed by atoms with Crippen molar-refractivity contribution in [1.29, 1.82) is 0 Å². The summed E-state index contributed by atoms with van der Waals surface area (Å²) in [6.45, 7) is 5.11. The second-order valence-corrected chi connectivity index (χ2v) is 10.9. The molecule has 246 valence electrons. The van der Waals surface area contributed by atoms with E-state index >= 15 is 0 Å². The summed E-state index contributed by atoms with van der Waals surface area (Å²) in [5.74, 6) is -3.45. The van der Waals surface area contributed by atoms with Gasteiger partial charge in [-0.3, -0.25) is 9.59 Å². The molecule has 2 aliphatic rings. The Morgan fingerprint density at radius 1 is 0.609 bits per heavy atom. The van der Waals surface area contributed by atoms with Crippen molar-refractivity contribution in [1.82, 2.24) is 9.97 Å². The van der Waals surface area contributed by atoms with Crippen molar-refractivity contribution in [3.63, 3.8) is 0 Å². The van der Waals surface area contributed by atoms with Crippen LogP contribution in [0, 0.1) is 0 Å². The van der Waals surface area contributed by atoms with E-state index in [0.717, 1.165) is 13.8 Å². The molecule has 4 N–H and O–H groups in total. The van der Waals surface area contributed by atoms with Crippen molar-refractivity contribution in [2.75, 3.05) is 0 Å². The van der Waals surface area contributed by atoms with Gasteiger partial charge in [0.05, 0.1) is 34.4 Å². The highest BCUT2D eigenvalue weighted by molar-refractivity contribution is 6.07. The Morgan fingerprint density at radius 2 is 0.978 bits per heavy atom. The Bertz CT molecular complexity index is 1540. The second-order valence-electron chi connectivity index (χ2n) is 10.9. The van der Waals surface area contributed by atoms with Crippen LogP contribution in [0.25, 0.3) is 22.1 Å². The molecule has 16 nitrogen and oxygen atoms in total. The van der Waals surface area contributed by atoms with Crippen molar-refractivity contribution < 1.29 is 68.0 Å². The normalized spacial score (nSPS) is 31.2. The van der Waals surface area contributed by atoms with Crippen LogP contribution in [0.2, 0.25) is 0 Å². The fourth-order valence-corrected chi connectivity index (χ4v) is 5.24. The predicted octanol–water partition coefficient (Wildman–Crippen LogP) is -0.107. The molecule has 2 aliphatic heterocycles. The topological polar surface area (TPSA) is 230 Å². The number of aliphatic hydroxyl groups excluding tert-OH is 4. The zero-order valence-corrected chi connectivity index (χ0v) is 25.0. The minimum Gasteiger partial charge on any atom is -0.457 e. The summed E-state index contributed by atoms with van der Waals surface area (Å²) in [6.07, 6.45) is -14.1. The number of rotatable bonds is 6. The SMILES string of the molecule is CC(=O)O[C@@H]1[C@H](O)[C@@H](OC(=O)c2cccc3nc4c(C(=O)O[C@H]5O[C@H](C)[C@@H](O)[C@H](OC(C)=O)[C@@H]5O)cccc4nc23)O[C@H](C)[C@H]1O. The molecule has 3 heterocycles. The number of fused-ring (bicyclic) bond motifs is 2. The Labute approximate surface area is 260 Å². The van der Waals surface area contributed by atoms with Crippen molar-refractivity contribution >= 4 is 45.9 Å². The number of aliphatic hydroxyl groups is 4. The first kappa shape index (κ1) is 33.1. The summed E-state index contributed by atoms with van der Waals surface area (Å²) in [4.78, 5) is 58.6. The van der Waals surface area contributed by atoms with Crippen LogP contribution >= 0.6 is 0 Å². The second kappa shape index (κ2) is 13.2. The molecule has 3 aromatic rings. The fourth-order valence-electron chi connectivity index (χ4n) is 5.24. The van der Waals surface area contributed by atoms with E-state index in [-0.39, 0.29) is 33.2 Å². The maximum Gasteiger partial charge on any atom is 0.342 e. The standard InChI is InChI=1S/C30H32N2O14/c1-11-21(35)25(43-13(3)33)23(37)29(41-11)45-27(39)15-7-5-9-17-19(15)31-18-10-6-8-16(20(18)32-17)28(40)46-30-24(38)26(44-14(4)34)22(36)12(2)42-30/h5-12,21-26,29-30,35-38H,1-4H3/t11-,12-,21-,22-,23+,24+,25+,26+,29-,30-/m1/s1. The third kappa shape index (κ3) is 6.48. The first-order valence-electron chi connectivity index (χ1n) is 14.3. The van der Waals surface area contributed by atoms with Crippen LogP contribution in [0.1, 0.15) is 48.4 Å². The van der Waals surface area contributed by atoms with Crippen LogP contribution in [0.4, 0.5) is 0 Å². The van der Waals surface area contributed by atoms with Gasteiger partial charge in [0.25, 0.3) is 0 Å². The molecule has 10 atom stereocenters. The van der Waals surface area contributed by atoms with Crippen LogP contribution in [0.5, 0.6) is 0 Å². The monoisotopic (exact) mass is 644 g/mol. The minimum atomic E-state index is -1.70. The van der Waals surface area contributed by atoms with Crippen LogP contribution in [0.15, 0.2) is 36.4 Å². The number of nitrogens with zero attached hydrogens (tertiary/aromatic N) is 2. The maximum absolute atomic E-state index is 13.3. The Balaban J connectivity index is 1.41. The largest absolute Gasteiger partial charge is 0.457 e. The third-order valence-electron chi connectivity index (χ3n) is 7.55. The van der Waals surface area contributed by atoms with E-state index in [1.54, 1.807) is 0 Å². The molecule has 46 heavy (non-hydrogen) atoms. The van der Waals surface area contributed by atoms with E-state index in [2.05, 4.69) is 9.97 Å². The number of aromatic nitrogens is 2. The molecule has 0 radical (unpaired) electrons. The quantitative estimate of drug-likeness (QED) is 0.156. The van der Waals surface area contributed by atoms with Gasteiger partial charge < -0.3 is 48.8 Å². The number of hydrogen-bond acceptors (Lipinski definition) is 16. The lowest BCUT2D eigenvalue weighted by molar-refractivity contribution is -0.280. The van der Waals surface area contributed by atoms with E-state index in [9.17, 15) is 39.6 Å². The highest BCUT2D eigenvalue weighted by Crippen LogP contribution is 2.29. The van der Waals surface area contributed by atoms with E-state index in [1.807, 2.05) is 0 Å². The van der Waals surface area contributed by atoms with Crippen LogP contribution in [-0.2, 0) is 38.0 Å². The molecule has 0 aliphatic carbocycles. The molecule has 2 saturated heterocycles. The summed E-state index contributed by atoms with van der Waals surface area (Å²) in [5.41, 5.74) is 0.378. The number of ether oxygens (including phenoxy) is 6. The van der Waals surface area contributed by atoms with Gasteiger partial charge in [0.2, 0.25) is 12.6 Å². The van der Waals surface area contributed by atoms with Gasteiger partial charge in [-0.1, -0.05) is 12.1 Å². The first-order valence-corrected chi connectivity index (χ1v) is 14.3. The van der Waals surface area contributed by atoms with Crippen molar-refractivity contribution in [2.24, 2.45) is 0 Å². The number of benzene rings is 2.